The highest BCUT2D eigenvalue weighted by molar-refractivity contribution is 5.73. The second-order valence-corrected chi connectivity index (χ2v) is 7.87. The molecule has 0 atom stereocenters. The van der Waals surface area contributed by atoms with Crippen molar-refractivity contribution in [3.8, 4) is 0 Å². The number of hydrogen-bond acceptors (Lipinski definition) is 6. The maximum atomic E-state index is 12.6. The predicted octanol–water partition coefficient (Wildman–Crippen LogP) is 1.73. The van der Waals surface area contributed by atoms with E-state index in [2.05, 4.69) is 20.4 Å². The Kier molecular flexibility index (Phi) is 5.13. The first-order valence-corrected chi connectivity index (χ1v) is 9.81. The number of nitrogens with zero attached hydrogens (tertiary/aromatic N) is 4. The van der Waals surface area contributed by atoms with Gasteiger partial charge >= 0.3 is 6.03 Å². The molecule has 1 N–H and O–H groups in total. The molecule has 2 amide bonds. The third-order valence-corrected chi connectivity index (χ3v) is 5.93. The fourth-order valence-electron chi connectivity index (χ4n) is 4.17. The molecule has 8 nitrogen and oxygen atoms in total. The summed E-state index contributed by atoms with van der Waals surface area (Å²) < 4.78 is 10.8. The molecule has 26 heavy (non-hydrogen) atoms. The van der Waals surface area contributed by atoms with E-state index in [-0.39, 0.29) is 11.6 Å². The molecule has 1 aromatic rings. The molecule has 1 aromatic heterocycles. The van der Waals surface area contributed by atoms with Gasteiger partial charge in [-0.15, -0.1) is 0 Å². The summed E-state index contributed by atoms with van der Waals surface area (Å²) in [5.74, 6) is 1.75. The normalized spacial score (nSPS) is 23.1. The van der Waals surface area contributed by atoms with Gasteiger partial charge in [0.25, 0.3) is 0 Å². The van der Waals surface area contributed by atoms with Crippen LogP contribution in [0.2, 0.25) is 0 Å². The summed E-state index contributed by atoms with van der Waals surface area (Å²) in [4.78, 5) is 21.1. The summed E-state index contributed by atoms with van der Waals surface area (Å²) >= 11 is 0. The van der Waals surface area contributed by atoms with Crippen LogP contribution in [0.3, 0.4) is 0 Å². The molecule has 0 aromatic carbocycles. The first kappa shape index (κ1) is 17.7. The molecular weight excluding hydrogens is 334 g/mol. The number of carbonyl (C=O) groups excluding carboxylic acids is 1. The topological polar surface area (TPSA) is 83.7 Å². The van der Waals surface area contributed by atoms with Gasteiger partial charge in [-0.25, -0.2) is 4.79 Å². The van der Waals surface area contributed by atoms with Crippen molar-refractivity contribution in [3.63, 3.8) is 0 Å². The number of morpholine rings is 1. The second-order valence-electron chi connectivity index (χ2n) is 7.87. The highest BCUT2D eigenvalue weighted by Gasteiger charge is 2.40. The zero-order valence-corrected chi connectivity index (χ0v) is 15.6. The summed E-state index contributed by atoms with van der Waals surface area (Å²) in [6, 6.07) is -0.0873. The number of aromatic nitrogens is 2. The quantitative estimate of drug-likeness (QED) is 0.829. The van der Waals surface area contributed by atoms with E-state index in [1.807, 2.05) is 0 Å². The number of hydrogen-bond donors (Lipinski definition) is 1. The smallest absolute Gasteiger partial charge is 0.317 e. The Balaban J connectivity index is 1.30. The lowest BCUT2D eigenvalue weighted by atomic mass is 9.94. The largest absolute Gasteiger partial charge is 0.379 e. The molecule has 3 fully saturated rings. The van der Waals surface area contributed by atoms with E-state index < -0.39 is 0 Å². The number of urea groups is 1. The van der Waals surface area contributed by atoms with Gasteiger partial charge in [0, 0.05) is 38.1 Å². The Morgan fingerprint density at radius 3 is 2.73 bits per heavy atom. The number of rotatable bonds is 6. The van der Waals surface area contributed by atoms with E-state index in [9.17, 15) is 4.79 Å². The number of carbonyl (C=O) groups is 1. The molecule has 1 aliphatic heterocycles. The average molecular weight is 363 g/mol. The maximum Gasteiger partial charge on any atom is 0.317 e. The molecule has 1 saturated heterocycles. The Bertz CT molecular complexity index is 618. The van der Waals surface area contributed by atoms with Crippen LogP contribution in [0.4, 0.5) is 4.79 Å². The summed E-state index contributed by atoms with van der Waals surface area (Å²) in [6.45, 7) is 4.52. The first-order chi connectivity index (χ1) is 12.7. The molecule has 144 valence electrons. The third kappa shape index (κ3) is 3.86. The van der Waals surface area contributed by atoms with Crippen molar-refractivity contribution >= 4 is 6.03 Å². The van der Waals surface area contributed by atoms with Crippen LogP contribution >= 0.6 is 0 Å². The van der Waals surface area contributed by atoms with E-state index in [0.717, 1.165) is 57.8 Å². The molecule has 2 aliphatic carbocycles. The van der Waals surface area contributed by atoms with Crippen molar-refractivity contribution in [1.29, 1.82) is 0 Å². The van der Waals surface area contributed by atoms with Crippen molar-refractivity contribution < 1.29 is 14.1 Å². The van der Waals surface area contributed by atoms with Crippen LogP contribution in [0, 0.1) is 0 Å². The fraction of sp³-hybridized carbons (Fsp3) is 0.833. The van der Waals surface area contributed by atoms with Crippen molar-refractivity contribution in [3.05, 3.63) is 11.7 Å². The molecule has 0 unspecified atom stereocenters. The van der Waals surface area contributed by atoms with Crippen LogP contribution in [0.5, 0.6) is 0 Å². The molecule has 0 radical (unpaired) electrons. The third-order valence-electron chi connectivity index (χ3n) is 5.93. The summed E-state index contributed by atoms with van der Waals surface area (Å²) in [6.07, 6.45) is 7.03. The minimum atomic E-state index is -0.0873. The van der Waals surface area contributed by atoms with E-state index in [1.54, 1.807) is 11.9 Å². The van der Waals surface area contributed by atoms with Gasteiger partial charge in [0.15, 0.2) is 5.82 Å². The van der Waals surface area contributed by atoms with Gasteiger partial charge < -0.3 is 19.5 Å². The highest BCUT2D eigenvalue weighted by Crippen LogP contribution is 2.38. The standard InChI is InChI=1S/C18H29N5O3/c1-22(12-15-20-16(21-26-15)14-4-5-14)17(24)19-13-18(6-2-3-7-18)23-8-10-25-11-9-23/h14H,2-13H2,1H3,(H,19,24). The van der Waals surface area contributed by atoms with E-state index in [0.29, 0.717) is 24.9 Å². The molecule has 0 spiro atoms. The predicted molar refractivity (Wildman–Crippen MR) is 94.7 cm³/mol. The minimum Gasteiger partial charge on any atom is -0.379 e. The molecular formula is C18H29N5O3. The van der Waals surface area contributed by atoms with Gasteiger partial charge in [0.2, 0.25) is 5.89 Å². The molecule has 0 bridgehead atoms. The summed E-state index contributed by atoms with van der Waals surface area (Å²) in [7, 11) is 1.77. The van der Waals surface area contributed by atoms with E-state index >= 15 is 0 Å². The first-order valence-electron chi connectivity index (χ1n) is 9.81. The Labute approximate surface area is 154 Å². The number of nitrogens with one attached hydrogen (secondary N) is 1. The SMILES string of the molecule is CN(Cc1nc(C2CC2)no1)C(=O)NCC1(N2CCOCC2)CCCC1. The van der Waals surface area contributed by atoms with Crippen molar-refractivity contribution in [2.45, 2.75) is 56.5 Å². The van der Waals surface area contributed by atoms with Crippen LogP contribution in [-0.4, -0.2) is 71.4 Å². The highest BCUT2D eigenvalue weighted by atomic mass is 16.5. The second kappa shape index (κ2) is 7.52. The van der Waals surface area contributed by atoms with Gasteiger partial charge in [-0.3, -0.25) is 4.90 Å². The van der Waals surface area contributed by atoms with Crippen LogP contribution in [-0.2, 0) is 11.3 Å². The Hall–Kier alpha value is -1.67. The van der Waals surface area contributed by atoms with E-state index in [4.69, 9.17) is 9.26 Å². The lowest BCUT2D eigenvalue weighted by Crippen LogP contribution is -2.58. The van der Waals surface area contributed by atoms with Gasteiger partial charge in [-0.2, -0.15) is 4.98 Å². The van der Waals surface area contributed by atoms with Crippen LogP contribution in [0.15, 0.2) is 4.52 Å². The Morgan fingerprint density at radius 1 is 1.31 bits per heavy atom. The van der Waals surface area contributed by atoms with Gasteiger partial charge in [0.05, 0.1) is 13.2 Å². The van der Waals surface area contributed by atoms with Crippen molar-refractivity contribution in [2.24, 2.45) is 0 Å². The minimum absolute atomic E-state index is 0.0872. The van der Waals surface area contributed by atoms with Crippen LogP contribution in [0.1, 0.15) is 56.2 Å². The summed E-state index contributed by atoms with van der Waals surface area (Å²) in [5, 5.41) is 7.15. The van der Waals surface area contributed by atoms with Crippen molar-refractivity contribution in [2.75, 3.05) is 39.9 Å². The molecule has 3 aliphatic rings. The Morgan fingerprint density at radius 2 is 2.04 bits per heavy atom. The van der Waals surface area contributed by atoms with Crippen molar-refractivity contribution in [1.82, 2.24) is 25.3 Å². The molecule has 8 heteroatoms. The fourth-order valence-corrected chi connectivity index (χ4v) is 4.17. The lowest BCUT2D eigenvalue weighted by molar-refractivity contribution is -0.0197. The van der Waals surface area contributed by atoms with E-state index in [1.165, 1.54) is 12.8 Å². The van der Waals surface area contributed by atoms with Crippen LogP contribution < -0.4 is 5.32 Å². The zero-order valence-electron chi connectivity index (χ0n) is 15.6. The molecule has 2 saturated carbocycles. The molecule has 4 rings (SSSR count). The van der Waals surface area contributed by atoms with Gasteiger partial charge in [-0.05, 0) is 25.7 Å². The number of amides is 2. The number of ether oxygens (including phenoxy) is 1. The van der Waals surface area contributed by atoms with Gasteiger partial charge in [-0.1, -0.05) is 18.0 Å². The van der Waals surface area contributed by atoms with Crippen LogP contribution in [0.25, 0.3) is 0 Å². The lowest BCUT2D eigenvalue weighted by Gasteiger charge is -2.43. The van der Waals surface area contributed by atoms with Gasteiger partial charge in [0.1, 0.15) is 6.54 Å². The average Bonchev–Trinajstić information content (AvgIpc) is 3.22. The molecule has 2 heterocycles. The monoisotopic (exact) mass is 363 g/mol. The maximum absolute atomic E-state index is 12.6. The summed E-state index contributed by atoms with van der Waals surface area (Å²) in [5.41, 5.74) is 0.0872. The zero-order chi connectivity index (χ0) is 18.0.